The van der Waals surface area contributed by atoms with Gasteiger partial charge in [-0.25, -0.2) is 8.78 Å². The van der Waals surface area contributed by atoms with E-state index < -0.39 is 17.0 Å². The van der Waals surface area contributed by atoms with Crippen molar-refractivity contribution in [2.75, 3.05) is 4.90 Å². The smallest absolute Gasteiger partial charge is 0.133 e. The van der Waals surface area contributed by atoms with Gasteiger partial charge in [-0.15, -0.1) is 0 Å². The van der Waals surface area contributed by atoms with Crippen LogP contribution < -0.4 is 4.90 Å². The van der Waals surface area contributed by atoms with Gasteiger partial charge in [-0.3, -0.25) is 0 Å². The summed E-state index contributed by atoms with van der Waals surface area (Å²) < 4.78 is 30.0. The minimum Gasteiger partial charge on any atom is -0.310 e. The average molecular weight is 596 g/mol. The first-order valence-corrected chi connectivity index (χ1v) is 15.5. The van der Waals surface area contributed by atoms with E-state index in [0.717, 1.165) is 22.6 Å². The van der Waals surface area contributed by atoms with Crippen LogP contribution in [-0.2, 0) is 5.41 Å². The molecule has 7 aromatic rings. The zero-order valence-electron chi connectivity index (χ0n) is 24.8. The number of hydrogen-bond donors (Lipinski definition) is 0. The van der Waals surface area contributed by atoms with Crippen molar-refractivity contribution in [2.24, 2.45) is 0 Å². The Hall–Kier alpha value is -5.80. The largest absolute Gasteiger partial charge is 0.310 e. The van der Waals surface area contributed by atoms with Crippen LogP contribution in [0, 0.1) is 11.6 Å². The predicted octanol–water partition coefficient (Wildman–Crippen LogP) is 11.4. The molecule has 0 heterocycles. The van der Waals surface area contributed by atoms with Gasteiger partial charge in [0, 0.05) is 16.9 Å². The van der Waals surface area contributed by atoms with E-state index in [0.29, 0.717) is 5.56 Å². The fourth-order valence-electron chi connectivity index (χ4n) is 7.89. The van der Waals surface area contributed by atoms with Gasteiger partial charge in [-0.05, 0) is 87.0 Å². The van der Waals surface area contributed by atoms with E-state index in [2.05, 4.69) is 108 Å². The molecule has 9 rings (SSSR count). The lowest BCUT2D eigenvalue weighted by atomic mass is 9.70. The van der Waals surface area contributed by atoms with Crippen molar-refractivity contribution in [2.45, 2.75) is 5.41 Å². The molecular weight excluding hydrogens is 568 g/mol. The van der Waals surface area contributed by atoms with Crippen molar-refractivity contribution < 1.29 is 8.78 Å². The lowest BCUT2D eigenvalue weighted by Gasteiger charge is -2.32. The number of fused-ring (bicyclic) bond motifs is 10. The molecule has 3 heteroatoms. The van der Waals surface area contributed by atoms with Crippen LogP contribution in [0.2, 0.25) is 0 Å². The number of benzene rings is 7. The van der Waals surface area contributed by atoms with Crippen LogP contribution in [0.4, 0.5) is 25.8 Å². The van der Waals surface area contributed by atoms with Crippen LogP contribution in [0.15, 0.2) is 164 Å². The summed E-state index contributed by atoms with van der Waals surface area (Å²) >= 11 is 0. The summed E-state index contributed by atoms with van der Waals surface area (Å²) in [5, 5.41) is 0. The molecule has 46 heavy (non-hydrogen) atoms. The normalized spacial score (nSPS) is 13.2. The first-order chi connectivity index (χ1) is 22.7. The zero-order chi connectivity index (χ0) is 30.8. The van der Waals surface area contributed by atoms with Gasteiger partial charge < -0.3 is 4.90 Å². The van der Waals surface area contributed by atoms with Gasteiger partial charge in [0.1, 0.15) is 11.6 Å². The molecule has 0 atom stereocenters. The fourth-order valence-corrected chi connectivity index (χ4v) is 7.89. The summed E-state index contributed by atoms with van der Waals surface area (Å²) in [6.07, 6.45) is 0. The third-order valence-electron chi connectivity index (χ3n) is 9.61. The summed E-state index contributed by atoms with van der Waals surface area (Å²) in [6.45, 7) is 0. The molecule has 0 fully saturated rings. The highest BCUT2D eigenvalue weighted by Crippen LogP contribution is 2.64. The molecule has 0 saturated carbocycles. The monoisotopic (exact) mass is 595 g/mol. The van der Waals surface area contributed by atoms with Crippen molar-refractivity contribution in [1.82, 2.24) is 0 Å². The molecule has 0 N–H and O–H groups in total. The number of hydrogen-bond acceptors (Lipinski definition) is 1. The molecule has 7 aromatic carbocycles. The Morgan fingerprint density at radius 1 is 0.391 bits per heavy atom. The molecule has 1 nitrogen and oxygen atoms in total. The molecule has 0 saturated heterocycles. The topological polar surface area (TPSA) is 3.24 Å². The Balaban J connectivity index is 1.35. The first kappa shape index (κ1) is 26.6. The van der Waals surface area contributed by atoms with E-state index in [4.69, 9.17) is 0 Å². The zero-order valence-corrected chi connectivity index (χ0v) is 24.8. The Morgan fingerprint density at radius 3 is 1.57 bits per heavy atom. The second kappa shape index (κ2) is 10.1. The van der Waals surface area contributed by atoms with Crippen LogP contribution in [0.3, 0.4) is 0 Å². The van der Waals surface area contributed by atoms with Gasteiger partial charge >= 0.3 is 0 Å². The molecule has 1 spiro atoms. The van der Waals surface area contributed by atoms with Crippen LogP contribution in [-0.4, -0.2) is 0 Å². The fraction of sp³-hybridized carbons (Fsp3) is 0.0233. The molecular formula is C43H27F2N. The van der Waals surface area contributed by atoms with Crippen LogP contribution in [0.25, 0.3) is 33.4 Å². The molecule has 2 aliphatic carbocycles. The predicted molar refractivity (Wildman–Crippen MR) is 183 cm³/mol. The number of halogens is 2. The number of nitrogens with zero attached hydrogens (tertiary/aromatic N) is 1. The second-order valence-corrected chi connectivity index (χ2v) is 11.9. The standard InChI is InChI=1S/C43H27F2N/c44-38-24-12-25-39(45)41(38)28-13-10-16-30(27-28)46(29-14-2-1-3-15-29)40-26-11-23-37-42(40)33-19-6-9-22-36(33)43(37)34-20-7-4-17-31(34)32-18-5-8-21-35(32)43/h1-27H. The SMILES string of the molecule is Fc1cccc(F)c1-c1cccc(N(c2ccccc2)c2cccc3c2-c2ccccc2C32c3ccccc3-c3ccccc32)c1. The maximum Gasteiger partial charge on any atom is 0.133 e. The molecule has 2 aliphatic rings. The van der Waals surface area contributed by atoms with Crippen LogP contribution in [0.5, 0.6) is 0 Å². The highest BCUT2D eigenvalue weighted by Gasteiger charge is 2.52. The summed E-state index contributed by atoms with van der Waals surface area (Å²) in [5.74, 6) is -1.17. The third-order valence-corrected chi connectivity index (χ3v) is 9.61. The van der Waals surface area contributed by atoms with E-state index >= 15 is 8.78 Å². The van der Waals surface area contributed by atoms with Gasteiger partial charge in [0.05, 0.1) is 16.7 Å². The van der Waals surface area contributed by atoms with Crippen molar-refractivity contribution in [1.29, 1.82) is 0 Å². The molecule has 0 bridgehead atoms. The highest BCUT2D eigenvalue weighted by atomic mass is 19.1. The first-order valence-electron chi connectivity index (χ1n) is 15.5. The Labute approximate surface area is 266 Å². The maximum atomic E-state index is 15.0. The summed E-state index contributed by atoms with van der Waals surface area (Å²) in [5.41, 5.74) is 12.6. The van der Waals surface area contributed by atoms with Crippen molar-refractivity contribution in [3.63, 3.8) is 0 Å². The maximum absolute atomic E-state index is 15.0. The number of para-hydroxylation sites is 1. The number of anilines is 3. The van der Waals surface area contributed by atoms with Gasteiger partial charge in [-0.2, -0.15) is 0 Å². The van der Waals surface area contributed by atoms with E-state index in [-0.39, 0.29) is 5.56 Å². The summed E-state index contributed by atoms with van der Waals surface area (Å²) in [6, 6.07) is 54.6. The molecule has 0 amide bonds. The molecule has 0 aromatic heterocycles. The molecule has 0 aliphatic heterocycles. The number of rotatable bonds is 4. The Morgan fingerprint density at radius 2 is 0.891 bits per heavy atom. The lowest BCUT2D eigenvalue weighted by molar-refractivity contribution is 0.589. The van der Waals surface area contributed by atoms with Crippen molar-refractivity contribution in [3.8, 4) is 33.4 Å². The average Bonchev–Trinajstić information content (AvgIpc) is 3.57. The highest BCUT2D eigenvalue weighted by molar-refractivity contribution is 6.01. The van der Waals surface area contributed by atoms with Crippen LogP contribution in [0.1, 0.15) is 22.3 Å². The summed E-state index contributed by atoms with van der Waals surface area (Å²) in [7, 11) is 0. The van der Waals surface area contributed by atoms with Gasteiger partial charge in [0.15, 0.2) is 0 Å². The van der Waals surface area contributed by atoms with E-state index in [1.807, 2.05) is 36.4 Å². The van der Waals surface area contributed by atoms with Crippen molar-refractivity contribution >= 4 is 17.1 Å². The molecule has 0 unspecified atom stereocenters. The van der Waals surface area contributed by atoms with E-state index in [1.165, 1.54) is 57.1 Å². The molecule has 0 radical (unpaired) electrons. The lowest BCUT2D eigenvalue weighted by Crippen LogP contribution is -2.26. The quantitative estimate of drug-likeness (QED) is 0.196. The molecule has 218 valence electrons. The van der Waals surface area contributed by atoms with Crippen molar-refractivity contribution in [3.05, 3.63) is 198 Å². The summed E-state index contributed by atoms with van der Waals surface area (Å²) in [4.78, 5) is 2.21. The van der Waals surface area contributed by atoms with Gasteiger partial charge in [0.2, 0.25) is 0 Å². The van der Waals surface area contributed by atoms with Gasteiger partial charge in [-0.1, -0.05) is 121 Å². The second-order valence-electron chi connectivity index (χ2n) is 11.9. The Bertz CT molecular complexity index is 2240. The Kier molecular flexibility index (Phi) is 5.85. The van der Waals surface area contributed by atoms with E-state index in [1.54, 1.807) is 6.07 Å². The van der Waals surface area contributed by atoms with Gasteiger partial charge in [0.25, 0.3) is 0 Å². The van der Waals surface area contributed by atoms with E-state index in [9.17, 15) is 0 Å². The minimum atomic E-state index is -0.585. The van der Waals surface area contributed by atoms with Crippen LogP contribution >= 0.6 is 0 Å². The third kappa shape index (κ3) is 3.60. The minimum absolute atomic E-state index is 0.0286.